The van der Waals surface area contributed by atoms with Gasteiger partial charge in [0.15, 0.2) is 0 Å². The van der Waals surface area contributed by atoms with E-state index in [0.717, 1.165) is 24.2 Å². The minimum atomic E-state index is -0.335. The lowest BCUT2D eigenvalue weighted by Gasteiger charge is -2.31. The van der Waals surface area contributed by atoms with Crippen molar-refractivity contribution in [2.24, 2.45) is 11.3 Å². The highest BCUT2D eigenvalue weighted by Gasteiger charge is 2.39. The topological polar surface area (TPSA) is 29.5 Å². The Bertz CT molecular complexity index is 478. The van der Waals surface area contributed by atoms with E-state index in [-0.39, 0.29) is 17.6 Å². The summed E-state index contributed by atoms with van der Waals surface area (Å²) in [5.41, 5.74) is 2.57. The van der Waals surface area contributed by atoms with E-state index in [9.17, 15) is 5.11 Å². The van der Waals surface area contributed by atoms with E-state index in [0.29, 0.717) is 5.92 Å². The Kier molecular flexibility index (Phi) is 3.09. The number of aliphatic hydroxyl groups is 1. The van der Waals surface area contributed by atoms with Crippen LogP contribution in [0, 0.1) is 11.3 Å². The van der Waals surface area contributed by atoms with Gasteiger partial charge in [0.25, 0.3) is 0 Å². The van der Waals surface area contributed by atoms with Gasteiger partial charge >= 0.3 is 0 Å². The highest BCUT2D eigenvalue weighted by molar-refractivity contribution is 5.41. The molecule has 3 rings (SSSR count). The molecule has 0 amide bonds. The van der Waals surface area contributed by atoms with E-state index in [2.05, 4.69) is 26.8 Å². The number of rotatable bonds is 2. The largest absolute Gasteiger partial charge is 0.490 e. The highest BCUT2D eigenvalue weighted by atomic mass is 16.5. The van der Waals surface area contributed by atoms with Crippen molar-refractivity contribution in [3.63, 3.8) is 0 Å². The molecule has 0 bridgehead atoms. The lowest BCUT2D eigenvalue weighted by Crippen LogP contribution is -2.24. The molecule has 3 unspecified atom stereocenters. The van der Waals surface area contributed by atoms with Crippen molar-refractivity contribution in [3.05, 3.63) is 29.3 Å². The molecule has 1 N–H and O–H groups in total. The number of hydrogen-bond donors (Lipinski definition) is 1. The molecule has 1 aliphatic heterocycles. The zero-order chi connectivity index (χ0) is 13.6. The third kappa shape index (κ3) is 2.27. The molecule has 0 radical (unpaired) electrons. The molecule has 0 saturated heterocycles. The van der Waals surface area contributed by atoms with Crippen LogP contribution in [0.15, 0.2) is 18.2 Å². The van der Waals surface area contributed by atoms with Gasteiger partial charge in [-0.3, -0.25) is 0 Å². The second-order valence-electron chi connectivity index (χ2n) is 6.93. The predicted molar refractivity (Wildman–Crippen MR) is 76.3 cm³/mol. The molecule has 1 saturated carbocycles. The Morgan fingerprint density at radius 1 is 1.37 bits per heavy atom. The molecule has 3 atom stereocenters. The summed E-state index contributed by atoms with van der Waals surface area (Å²) < 4.78 is 5.73. The fourth-order valence-corrected chi connectivity index (χ4v) is 3.80. The molecule has 1 aromatic carbocycles. The number of fused-ring (bicyclic) bond motifs is 1. The Morgan fingerprint density at radius 2 is 2.16 bits per heavy atom. The third-order valence-corrected chi connectivity index (χ3v) is 4.98. The van der Waals surface area contributed by atoms with Crippen LogP contribution in [0.5, 0.6) is 5.75 Å². The quantitative estimate of drug-likeness (QED) is 0.874. The van der Waals surface area contributed by atoms with E-state index in [1.54, 1.807) is 0 Å². The Labute approximate surface area is 115 Å². The summed E-state index contributed by atoms with van der Waals surface area (Å²) in [6, 6.07) is 6.22. The van der Waals surface area contributed by atoms with E-state index in [4.69, 9.17) is 4.74 Å². The van der Waals surface area contributed by atoms with Crippen molar-refractivity contribution >= 4 is 0 Å². The molecule has 0 spiro atoms. The van der Waals surface area contributed by atoms with Crippen molar-refractivity contribution in [1.82, 2.24) is 0 Å². The van der Waals surface area contributed by atoms with E-state index in [1.807, 2.05) is 12.1 Å². The van der Waals surface area contributed by atoms with Crippen LogP contribution in [0.4, 0.5) is 0 Å². The van der Waals surface area contributed by atoms with Crippen LogP contribution in [0.25, 0.3) is 0 Å². The maximum Gasteiger partial charge on any atom is 0.123 e. The Hall–Kier alpha value is -1.02. The van der Waals surface area contributed by atoms with Crippen molar-refractivity contribution in [2.45, 2.75) is 58.7 Å². The third-order valence-electron chi connectivity index (χ3n) is 4.98. The first-order valence-electron chi connectivity index (χ1n) is 7.45. The first-order chi connectivity index (χ1) is 8.97. The van der Waals surface area contributed by atoms with Crippen LogP contribution >= 0.6 is 0 Å². The van der Waals surface area contributed by atoms with Crippen LogP contribution in [-0.4, -0.2) is 11.2 Å². The van der Waals surface area contributed by atoms with Crippen molar-refractivity contribution < 1.29 is 9.84 Å². The molecule has 0 aromatic heterocycles. The van der Waals surface area contributed by atoms with E-state index < -0.39 is 0 Å². The van der Waals surface area contributed by atoms with E-state index in [1.165, 1.54) is 18.4 Å². The van der Waals surface area contributed by atoms with Gasteiger partial charge in [0, 0.05) is 6.42 Å². The van der Waals surface area contributed by atoms with Gasteiger partial charge < -0.3 is 9.84 Å². The first kappa shape index (κ1) is 13.0. The second kappa shape index (κ2) is 4.52. The predicted octanol–water partition coefficient (Wildman–Crippen LogP) is 3.87. The van der Waals surface area contributed by atoms with Crippen LogP contribution in [-0.2, 0) is 6.42 Å². The van der Waals surface area contributed by atoms with E-state index >= 15 is 0 Å². The van der Waals surface area contributed by atoms with Gasteiger partial charge in [0.2, 0.25) is 0 Å². The second-order valence-corrected chi connectivity index (χ2v) is 6.93. The summed E-state index contributed by atoms with van der Waals surface area (Å²) >= 11 is 0. The summed E-state index contributed by atoms with van der Waals surface area (Å²) in [5.74, 6) is 1.37. The van der Waals surface area contributed by atoms with Gasteiger partial charge in [-0.25, -0.2) is 0 Å². The Balaban J connectivity index is 1.85. The van der Waals surface area contributed by atoms with Crippen LogP contribution in [0.1, 0.15) is 57.3 Å². The number of aliphatic hydroxyl groups excluding tert-OH is 1. The number of hydrogen-bond acceptors (Lipinski definition) is 2. The van der Waals surface area contributed by atoms with Gasteiger partial charge in [0.1, 0.15) is 11.9 Å². The molecular formula is C17H24O2. The summed E-state index contributed by atoms with van der Waals surface area (Å²) in [7, 11) is 0. The minimum Gasteiger partial charge on any atom is -0.490 e. The zero-order valence-electron chi connectivity index (χ0n) is 12.1. The fourth-order valence-electron chi connectivity index (χ4n) is 3.80. The molecule has 1 aliphatic carbocycles. The molecule has 1 fully saturated rings. The number of benzene rings is 1. The summed E-state index contributed by atoms with van der Waals surface area (Å²) in [6.07, 6.45) is 4.49. The van der Waals surface area contributed by atoms with Crippen molar-refractivity contribution in [3.8, 4) is 5.75 Å². The average molecular weight is 260 g/mol. The highest BCUT2D eigenvalue weighted by Crippen LogP contribution is 2.49. The van der Waals surface area contributed by atoms with Crippen molar-refractivity contribution in [1.29, 1.82) is 0 Å². The monoisotopic (exact) mass is 260 g/mol. The lowest BCUT2D eigenvalue weighted by molar-refractivity contribution is 0.0531. The summed E-state index contributed by atoms with van der Waals surface area (Å²) in [6.45, 7) is 6.66. The van der Waals surface area contributed by atoms with Crippen LogP contribution in [0.2, 0.25) is 0 Å². The van der Waals surface area contributed by atoms with Crippen LogP contribution in [0.3, 0.4) is 0 Å². The van der Waals surface area contributed by atoms with Gasteiger partial charge in [0.05, 0.1) is 6.10 Å². The normalized spacial score (nSPS) is 29.9. The maximum absolute atomic E-state index is 10.7. The summed E-state index contributed by atoms with van der Waals surface area (Å²) in [4.78, 5) is 0. The fraction of sp³-hybridized carbons (Fsp3) is 0.647. The lowest BCUT2D eigenvalue weighted by atomic mass is 9.76. The molecule has 2 aliphatic rings. The molecule has 1 heterocycles. The minimum absolute atomic E-state index is 0.252. The maximum atomic E-state index is 10.7. The molecule has 1 aromatic rings. The molecule has 2 heteroatoms. The number of ether oxygens (including phenoxy) is 1. The zero-order valence-corrected chi connectivity index (χ0v) is 12.1. The van der Waals surface area contributed by atoms with Gasteiger partial charge in [-0.15, -0.1) is 0 Å². The molecular weight excluding hydrogens is 236 g/mol. The van der Waals surface area contributed by atoms with Crippen molar-refractivity contribution in [2.75, 3.05) is 0 Å². The van der Waals surface area contributed by atoms with Gasteiger partial charge in [-0.1, -0.05) is 26.3 Å². The van der Waals surface area contributed by atoms with Gasteiger partial charge in [-0.05, 0) is 54.4 Å². The smallest absolute Gasteiger partial charge is 0.123 e. The SMILES string of the molecule is CC1Cc2cc(C(O)C3CCCC3(C)C)ccc2O1. The van der Waals surface area contributed by atoms with Gasteiger partial charge in [-0.2, -0.15) is 0 Å². The standard InChI is InChI=1S/C17H24O2/c1-11-9-13-10-12(6-7-15(13)19-11)16(18)14-5-4-8-17(14,2)3/h6-7,10-11,14,16,18H,4-5,8-9H2,1-3H3. The average Bonchev–Trinajstić information content (AvgIpc) is 2.88. The molecule has 2 nitrogen and oxygen atoms in total. The molecule has 104 valence electrons. The molecule has 19 heavy (non-hydrogen) atoms. The summed E-state index contributed by atoms with van der Waals surface area (Å²) in [5, 5.41) is 10.7. The Morgan fingerprint density at radius 3 is 2.84 bits per heavy atom. The van der Waals surface area contributed by atoms with Crippen LogP contribution < -0.4 is 4.74 Å². The first-order valence-corrected chi connectivity index (χ1v) is 7.45.